The average Bonchev–Trinajstić information content (AvgIpc) is 3.18. The number of rotatable bonds is 6. The number of nitro benzene ring substituents is 1. The van der Waals surface area contributed by atoms with Crippen LogP contribution in [-0.2, 0) is 9.53 Å². The maximum absolute atomic E-state index is 12.0. The third-order valence-electron chi connectivity index (χ3n) is 3.59. The summed E-state index contributed by atoms with van der Waals surface area (Å²) < 4.78 is 10.8. The molecule has 0 aliphatic carbocycles. The number of carbonyl (C=O) groups excluding carboxylic acids is 1. The number of esters is 1. The quantitative estimate of drug-likeness (QED) is 0.281. The van der Waals surface area contributed by atoms with Gasteiger partial charge in [-0.2, -0.15) is 0 Å². The first kappa shape index (κ1) is 18.0. The Hall–Kier alpha value is -3.81. The van der Waals surface area contributed by atoms with E-state index in [0.29, 0.717) is 11.5 Å². The number of non-ortho nitro benzene ring substituents is 1. The molecule has 0 radical (unpaired) electrons. The van der Waals surface area contributed by atoms with Gasteiger partial charge in [-0.05, 0) is 30.7 Å². The molecule has 1 aromatic heterocycles. The van der Waals surface area contributed by atoms with Gasteiger partial charge in [0.05, 0.1) is 4.92 Å². The van der Waals surface area contributed by atoms with Crippen molar-refractivity contribution in [2.75, 3.05) is 0 Å². The predicted molar refractivity (Wildman–Crippen MR) is 96.4 cm³/mol. The first-order chi connectivity index (χ1) is 13.0. The highest BCUT2D eigenvalue weighted by atomic mass is 16.6. The van der Waals surface area contributed by atoms with Crippen LogP contribution in [0.2, 0.25) is 0 Å². The molecule has 0 N–H and O–H groups in total. The third kappa shape index (κ3) is 4.63. The fourth-order valence-corrected chi connectivity index (χ4v) is 2.27. The minimum Gasteiger partial charge on any atom is -0.449 e. The highest BCUT2D eigenvalue weighted by molar-refractivity contribution is 5.87. The molecule has 0 aliphatic rings. The van der Waals surface area contributed by atoms with E-state index in [0.717, 1.165) is 5.56 Å². The molecule has 0 saturated carbocycles. The van der Waals surface area contributed by atoms with Gasteiger partial charge in [0.2, 0.25) is 5.89 Å². The lowest BCUT2D eigenvalue weighted by Gasteiger charge is -2.06. The van der Waals surface area contributed by atoms with E-state index < -0.39 is 17.0 Å². The van der Waals surface area contributed by atoms with Gasteiger partial charge in [-0.15, -0.1) is 10.2 Å². The highest BCUT2D eigenvalue weighted by Gasteiger charge is 2.18. The largest absolute Gasteiger partial charge is 0.449 e. The van der Waals surface area contributed by atoms with Crippen molar-refractivity contribution >= 4 is 17.7 Å². The molecule has 0 fully saturated rings. The fourth-order valence-electron chi connectivity index (χ4n) is 2.27. The lowest BCUT2D eigenvalue weighted by Crippen LogP contribution is -2.06. The zero-order valence-corrected chi connectivity index (χ0v) is 14.3. The zero-order valence-electron chi connectivity index (χ0n) is 14.3. The van der Waals surface area contributed by atoms with E-state index in [9.17, 15) is 14.9 Å². The zero-order chi connectivity index (χ0) is 19.2. The molecule has 1 atom stereocenters. The molecule has 0 saturated heterocycles. The minimum absolute atomic E-state index is 0.0572. The van der Waals surface area contributed by atoms with E-state index in [1.807, 2.05) is 30.3 Å². The van der Waals surface area contributed by atoms with Crippen LogP contribution in [0.4, 0.5) is 5.69 Å². The number of nitro groups is 1. The number of hydrogen-bond acceptors (Lipinski definition) is 7. The maximum Gasteiger partial charge on any atom is 0.331 e. The Morgan fingerprint density at radius 2 is 1.96 bits per heavy atom. The maximum atomic E-state index is 12.0. The van der Waals surface area contributed by atoms with Crippen LogP contribution in [0.1, 0.15) is 24.5 Å². The van der Waals surface area contributed by atoms with Crippen LogP contribution >= 0.6 is 0 Å². The second-order valence-electron chi connectivity index (χ2n) is 5.58. The predicted octanol–water partition coefficient (Wildman–Crippen LogP) is 3.96. The van der Waals surface area contributed by atoms with E-state index in [4.69, 9.17) is 9.15 Å². The lowest BCUT2D eigenvalue weighted by atomic mass is 10.2. The molecule has 0 spiro atoms. The summed E-state index contributed by atoms with van der Waals surface area (Å²) in [6, 6.07) is 15.1. The summed E-state index contributed by atoms with van der Waals surface area (Å²) in [4.78, 5) is 22.2. The summed E-state index contributed by atoms with van der Waals surface area (Å²) in [6.07, 6.45) is 1.88. The minimum atomic E-state index is -0.739. The van der Waals surface area contributed by atoms with Crippen LogP contribution in [0, 0.1) is 10.1 Å². The normalized spacial score (nSPS) is 12.0. The van der Waals surface area contributed by atoms with Crippen molar-refractivity contribution in [1.29, 1.82) is 0 Å². The Kier molecular flexibility index (Phi) is 5.36. The molecule has 0 bridgehead atoms. The summed E-state index contributed by atoms with van der Waals surface area (Å²) in [7, 11) is 0. The second-order valence-corrected chi connectivity index (χ2v) is 5.58. The standard InChI is InChI=1S/C19H15N3O5/c1-13(18-20-21-19(27-18)15-7-3-2-4-8-15)26-17(23)11-10-14-6-5-9-16(12-14)22(24)25/h2-13H,1H3/b11-10+/t13-/m1/s1. The smallest absolute Gasteiger partial charge is 0.331 e. The number of aromatic nitrogens is 2. The van der Waals surface area contributed by atoms with Gasteiger partial charge in [-0.25, -0.2) is 4.79 Å². The molecule has 8 nitrogen and oxygen atoms in total. The molecular formula is C19H15N3O5. The molecule has 0 unspecified atom stereocenters. The molecule has 1 heterocycles. The monoisotopic (exact) mass is 365 g/mol. The first-order valence-corrected chi connectivity index (χ1v) is 8.05. The summed E-state index contributed by atoms with van der Waals surface area (Å²) in [5.74, 6) is -0.125. The Balaban J connectivity index is 1.63. The number of hydrogen-bond donors (Lipinski definition) is 0. The first-order valence-electron chi connectivity index (χ1n) is 8.05. The lowest BCUT2D eigenvalue weighted by molar-refractivity contribution is -0.384. The van der Waals surface area contributed by atoms with Crippen molar-refractivity contribution in [3.63, 3.8) is 0 Å². The van der Waals surface area contributed by atoms with Gasteiger partial charge in [0.15, 0.2) is 6.10 Å². The van der Waals surface area contributed by atoms with Crippen molar-refractivity contribution in [2.45, 2.75) is 13.0 Å². The molecular weight excluding hydrogens is 350 g/mol. The Labute approximate surface area is 154 Å². The molecule has 8 heteroatoms. The number of benzene rings is 2. The van der Waals surface area contributed by atoms with Gasteiger partial charge >= 0.3 is 5.97 Å². The third-order valence-corrected chi connectivity index (χ3v) is 3.59. The Morgan fingerprint density at radius 1 is 1.19 bits per heavy atom. The molecule has 3 rings (SSSR count). The molecule has 136 valence electrons. The van der Waals surface area contributed by atoms with Gasteiger partial charge in [0, 0.05) is 23.8 Å². The summed E-state index contributed by atoms with van der Waals surface area (Å²) in [5, 5.41) is 18.6. The summed E-state index contributed by atoms with van der Waals surface area (Å²) in [6.45, 7) is 1.61. The number of nitrogens with zero attached hydrogens (tertiary/aromatic N) is 3. The SMILES string of the molecule is C[C@@H](OC(=O)/C=C/c1cccc([N+](=O)[O-])c1)c1nnc(-c2ccccc2)o1. The Morgan fingerprint density at radius 3 is 2.70 bits per heavy atom. The molecule has 27 heavy (non-hydrogen) atoms. The van der Waals surface area contributed by atoms with E-state index in [1.54, 1.807) is 13.0 Å². The topological polar surface area (TPSA) is 108 Å². The van der Waals surface area contributed by atoms with Crippen molar-refractivity contribution in [3.05, 3.63) is 82.2 Å². The van der Waals surface area contributed by atoms with Crippen LogP contribution in [0.25, 0.3) is 17.5 Å². The van der Waals surface area contributed by atoms with E-state index in [-0.39, 0.29) is 11.6 Å². The average molecular weight is 365 g/mol. The molecule has 0 aliphatic heterocycles. The molecule has 0 amide bonds. The summed E-state index contributed by atoms with van der Waals surface area (Å²) in [5.41, 5.74) is 1.22. The number of carbonyl (C=O) groups is 1. The highest BCUT2D eigenvalue weighted by Crippen LogP contribution is 2.22. The molecule has 2 aromatic carbocycles. The van der Waals surface area contributed by atoms with Gasteiger partial charge in [0.25, 0.3) is 11.6 Å². The Bertz CT molecular complexity index is 982. The van der Waals surface area contributed by atoms with Crippen LogP contribution < -0.4 is 0 Å². The number of ether oxygens (including phenoxy) is 1. The second kappa shape index (κ2) is 8.05. The van der Waals surface area contributed by atoms with Gasteiger partial charge in [-0.3, -0.25) is 10.1 Å². The molecule has 3 aromatic rings. The van der Waals surface area contributed by atoms with Crippen molar-refractivity contribution in [1.82, 2.24) is 10.2 Å². The summed E-state index contributed by atoms with van der Waals surface area (Å²) >= 11 is 0. The van der Waals surface area contributed by atoms with Gasteiger partial charge in [0.1, 0.15) is 0 Å². The van der Waals surface area contributed by atoms with Gasteiger partial charge in [-0.1, -0.05) is 30.3 Å². The van der Waals surface area contributed by atoms with Crippen LogP contribution in [-0.4, -0.2) is 21.1 Å². The fraction of sp³-hybridized carbons (Fsp3) is 0.105. The van der Waals surface area contributed by atoms with Crippen molar-refractivity contribution < 1.29 is 18.9 Å². The van der Waals surface area contributed by atoms with E-state index in [1.165, 1.54) is 30.4 Å². The van der Waals surface area contributed by atoms with Crippen LogP contribution in [0.15, 0.2) is 65.1 Å². The van der Waals surface area contributed by atoms with Crippen LogP contribution in [0.3, 0.4) is 0 Å². The van der Waals surface area contributed by atoms with Gasteiger partial charge < -0.3 is 9.15 Å². The van der Waals surface area contributed by atoms with E-state index in [2.05, 4.69) is 10.2 Å². The van der Waals surface area contributed by atoms with Crippen molar-refractivity contribution in [2.24, 2.45) is 0 Å². The van der Waals surface area contributed by atoms with E-state index >= 15 is 0 Å². The van der Waals surface area contributed by atoms with Crippen molar-refractivity contribution in [3.8, 4) is 11.5 Å². The van der Waals surface area contributed by atoms with Crippen LogP contribution in [0.5, 0.6) is 0 Å².